The van der Waals surface area contributed by atoms with Crippen molar-refractivity contribution in [2.75, 3.05) is 19.6 Å². The lowest BCUT2D eigenvalue weighted by molar-refractivity contribution is -0.683. The van der Waals surface area contributed by atoms with E-state index in [-0.39, 0.29) is 23.3 Å². The van der Waals surface area contributed by atoms with Crippen LogP contribution in [0.4, 0.5) is 0 Å². The first-order valence-electron chi connectivity index (χ1n) is 7.31. The van der Waals surface area contributed by atoms with Crippen LogP contribution >= 0.6 is 0 Å². The van der Waals surface area contributed by atoms with E-state index in [0.29, 0.717) is 25.2 Å². The molecule has 114 valence electrons. The van der Waals surface area contributed by atoms with Gasteiger partial charge in [0.05, 0.1) is 19.6 Å². The molecule has 0 unspecified atom stereocenters. The molecule has 0 bridgehead atoms. The van der Waals surface area contributed by atoms with E-state index < -0.39 is 0 Å². The molecule has 2 amide bonds. The van der Waals surface area contributed by atoms with Gasteiger partial charge in [0.2, 0.25) is 0 Å². The van der Waals surface area contributed by atoms with Gasteiger partial charge in [-0.3, -0.25) is 9.59 Å². The number of carbonyl (C=O) groups excluding carboxylic acids is 2. The number of piperazine rings is 1. The van der Waals surface area contributed by atoms with Crippen LogP contribution < -0.4 is 11.1 Å². The number of nitrogens with zero attached hydrogens (tertiary/aromatic N) is 1. The van der Waals surface area contributed by atoms with E-state index in [4.69, 9.17) is 5.73 Å². The van der Waals surface area contributed by atoms with E-state index in [9.17, 15) is 9.59 Å². The molecule has 0 aromatic heterocycles. The summed E-state index contributed by atoms with van der Waals surface area (Å²) in [7, 11) is 0. The zero-order valence-corrected chi connectivity index (χ0v) is 12.9. The molecule has 1 aliphatic rings. The Kier molecular flexibility index (Phi) is 4.32. The molecule has 5 nitrogen and oxygen atoms in total. The third-order valence-electron chi connectivity index (χ3n) is 3.92. The molecular weight excluding hydrogens is 266 g/mol. The molecule has 1 saturated heterocycles. The maximum Gasteiger partial charge on any atom is 0.277 e. The zero-order chi connectivity index (χ0) is 15.6. The third kappa shape index (κ3) is 3.61. The van der Waals surface area contributed by atoms with Gasteiger partial charge in [-0.1, -0.05) is 32.9 Å². The number of primary amides is 1. The fourth-order valence-corrected chi connectivity index (χ4v) is 2.52. The van der Waals surface area contributed by atoms with Crippen LogP contribution in [0.3, 0.4) is 0 Å². The van der Waals surface area contributed by atoms with Gasteiger partial charge in [-0.2, -0.15) is 0 Å². The molecule has 0 saturated carbocycles. The lowest BCUT2D eigenvalue weighted by Crippen LogP contribution is -2.97. The highest BCUT2D eigenvalue weighted by atomic mass is 16.2. The number of amides is 2. The summed E-state index contributed by atoms with van der Waals surface area (Å²) in [5.74, 6) is -0.398. The molecule has 5 heteroatoms. The maximum atomic E-state index is 12.5. The Morgan fingerprint density at radius 1 is 1.24 bits per heavy atom. The van der Waals surface area contributed by atoms with Gasteiger partial charge in [0.1, 0.15) is 0 Å². The Hall–Kier alpha value is -1.88. The van der Waals surface area contributed by atoms with Crippen LogP contribution in [0, 0.1) is 0 Å². The summed E-state index contributed by atoms with van der Waals surface area (Å²) in [5.41, 5.74) is 7.25. The Bertz CT molecular complexity index is 531. The van der Waals surface area contributed by atoms with Crippen LogP contribution in [-0.2, 0) is 10.2 Å². The number of nitrogens with two attached hydrogens (primary N) is 2. The van der Waals surface area contributed by atoms with Crippen molar-refractivity contribution < 1.29 is 14.9 Å². The number of hydrogen-bond acceptors (Lipinski definition) is 2. The maximum absolute atomic E-state index is 12.5. The molecule has 0 spiro atoms. The molecule has 1 fully saturated rings. The van der Waals surface area contributed by atoms with E-state index in [1.807, 2.05) is 29.6 Å². The summed E-state index contributed by atoms with van der Waals surface area (Å²) in [5, 5.41) is 1.90. The fraction of sp³-hybridized carbons (Fsp3) is 0.500. The Labute approximate surface area is 125 Å². The van der Waals surface area contributed by atoms with Crippen LogP contribution in [0.1, 0.15) is 36.7 Å². The second kappa shape index (κ2) is 5.85. The second-order valence-corrected chi connectivity index (χ2v) is 6.61. The minimum absolute atomic E-state index is 0.0326. The average Bonchev–Trinajstić information content (AvgIpc) is 2.46. The van der Waals surface area contributed by atoms with Crippen molar-refractivity contribution in [3.8, 4) is 0 Å². The third-order valence-corrected chi connectivity index (χ3v) is 3.92. The summed E-state index contributed by atoms with van der Waals surface area (Å²) >= 11 is 0. The van der Waals surface area contributed by atoms with Gasteiger partial charge in [-0.15, -0.1) is 0 Å². The molecule has 1 aromatic carbocycles. The van der Waals surface area contributed by atoms with Crippen LogP contribution in [0.15, 0.2) is 24.3 Å². The Balaban J connectivity index is 2.11. The highest BCUT2D eigenvalue weighted by molar-refractivity contribution is 5.94. The number of carbonyl (C=O) groups is 2. The van der Waals surface area contributed by atoms with Crippen LogP contribution in [0.2, 0.25) is 0 Å². The summed E-state index contributed by atoms with van der Waals surface area (Å²) < 4.78 is 0. The lowest BCUT2D eigenvalue weighted by Gasteiger charge is -2.29. The normalized spacial score (nSPS) is 19.4. The van der Waals surface area contributed by atoms with Crippen molar-refractivity contribution in [1.29, 1.82) is 0 Å². The highest BCUT2D eigenvalue weighted by Crippen LogP contribution is 2.22. The van der Waals surface area contributed by atoms with E-state index in [2.05, 4.69) is 20.8 Å². The van der Waals surface area contributed by atoms with E-state index >= 15 is 0 Å². The quantitative estimate of drug-likeness (QED) is 0.795. The predicted molar refractivity (Wildman–Crippen MR) is 80.8 cm³/mol. The largest absolute Gasteiger partial charge is 0.364 e. The first-order chi connectivity index (χ1) is 9.79. The zero-order valence-electron chi connectivity index (χ0n) is 12.9. The molecule has 2 rings (SSSR count). The number of rotatable bonds is 2. The first kappa shape index (κ1) is 15.5. The standard InChI is InChI=1S/C16H23N3O2/c1-16(2,3)12-6-4-11(5-7-12)15(21)19-9-8-18-13(10-19)14(17)20/h4-7,13,18H,8-10H2,1-3H3,(H2,17,20)/p+1/t13-/m0/s1. The lowest BCUT2D eigenvalue weighted by atomic mass is 9.86. The van der Waals surface area contributed by atoms with Gasteiger partial charge in [-0.05, 0) is 23.1 Å². The SMILES string of the molecule is CC(C)(C)c1ccc(C(=O)N2CC[NH2+][C@H](C(N)=O)C2)cc1. The van der Waals surface area contributed by atoms with Gasteiger partial charge in [-0.25, -0.2) is 0 Å². The molecule has 1 aromatic rings. The summed E-state index contributed by atoms with van der Waals surface area (Å²) in [6.07, 6.45) is 0. The van der Waals surface area contributed by atoms with Crippen molar-refractivity contribution >= 4 is 11.8 Å². The Morgan fingerprint density at radius 2 is 1.86 bits per heavy atom. The monoisotopic (exact) mass is 290 g/mol. The fourth-order valence-electron chi connectivity index (χ4n) is 2.52. The van der Waals surface area contributed by atoms with Crippen molar-refractivity contribution in [2.45, 2.75) is 32.2 Å². The molecule has 0 aliphatic carbocycles. The van der Waals surface area contributed by atoms with E-state index in [1.54, 1.807) is 4.90 Å². The van der Waals surface area contributed by atoms with Crippen molar-refractivity contribution in [3.05, 3.63) is 35.4 Å². The van der Waals surface area contributed by atoms with Gasteiger partial charge in [0.15, 0.2) is 6.04 Å². The van der Waals surface area contributed by atoms with Crippen molar-refractivity contribution in [3.63, 3.8) is 0 Å². The molecule has 1 heterocycles. The topological polar surface area (TPSA) is 80.0 Å². The van der Waals surface area contributed by atoms with Crippen LogP contribution in [-0.4, -0.2) is 42.4 Å². The molecular formula is C16H24N3O2+. The second-order valence-electron chi connectivity index (χ2n) is 6.61. The van der Waals surface area contributed by atoms with Crippen LogP contribution in [0.5, 0.6) is 0 Å². The van der Waals surface area contributed by atoms with Crippen molar-refractivity contribution in [2.24, 2.45) is 5.73 Å². The molecule has 1 aliphatic heterocycles. The average molecular weight is 290 g/mol. The number of benzene rings is 1. The highest BCUT2D eigenvalue weighted by Gasteiger charge is 2.30. The number of hydrogen-bond donors (Lipinski definition) is 2. The molecule has 4 N–H and O–H groups in total. The van der Waals surface area contributed by atoms with E-state index in [0.717, 1.165) is 0 Å². The smallest absolute Gasteiger partial charge is 0.277 e. The summed E-state index contributed by atoms with van der Waals surface area (Å²) in [6, 6.07) is 7.38. The minimum Gasteiger partial charge on any atom is -0.364 e. The molecule has 0 radical (unpaired) electrons. The Morgan fingerprint density at radius 3 is 2.38 bits per heavy atom. The molecule has 21 heavy (non-hydrogen) atoms. The van der Waals surface area contributed by atoms with E-state index in [1.165, 1.54) is 5.56 Å². The summed E-state index contributed by atoms with van der Waals surface area (Å²) in [4.78, 5) is 25.5. The summed E-state index contributed by atoms with van der Waals surface area (Å²) in [6.45, 7) is 8.16. The van der Waals surface area contributed by atoms with Crippen LogP contribution in [0.25, 0.3) is 0 Å². The molecule has 1 atom stereocenters. The van der Waals surface area contributed by atoms with Gasteiger partial charge >= 0.3 is 0 Å². The number of quaternary nitrogens is 1. The van der Waals surface area contributed by atoms with Gasteiger partial charge in [0, 0.05) is 5.56 Å². The van der Waals surface area contributed by atoms with Gasteiger partial charge in [0.25, 0.3) is 11.8 Å². The minimum atomic E-state index is -0.365. The van der Waals surface area contributed by atoms with Crippen molar-refractivity contribution in [1.82, 2.24) is 4.90 Å². The predicted octanol–water partition coefficient (Wildman–Crippen LogP) is -0.143. The van der Waals surface area contributed by atoms with Gasteiger partial charge < -0.3 is 16.0 Å². The first-order valence-corrected chi connectivity index (χ1v) is 7.31.